The van der Waals surface area contributed by atoms with Crippen LogP contribution < -0.4 is 4.57 Å². The fourth-order valence-corrected chi connectivity index (χ4v) is 4.61. The zero-order valence-corrected chi connectivity index (χ0v) is 20.9. The number of aromatic nitrogens is 1. The first-order chi connectivity index (χ1) is 17.7. The van der Waals surface area contributed by atoms with Gasteiger partial charge in [0.25, 0.3) is 0 Å². The molecule has 0 saturated carbocycles. The van der Waals surface area contributed by atoms with E-state index < -0.39 is 23.5 Å². The summed E-state index contributed by atoms with van der Waals surface area (Å²) in [5, 5.41) is 1.39. The molecule has 5 heteroatoms. The van der Waals surface area contributed by atoms with E-state index >= 15 is 0 Å². The molecule has 0 aliphatic carbocycles. The van der Waals surface area contributed by atoms with Crippen LogP contribution in [0.1, 0.15) is 40.2 Å². The number of alkyl halides is 3. The van der Waals surface area contributed by atoms with Gasteiger partial charge in [-0.3, -0.25) is 0 Å². The average Bonchev–Trinajstić information content (AvgIpc) is 3.21. The largest absolute Gasteiger partial charge is 0.455 e. The maximum Gasteiger partial charge on any atom is 0.416 e. The molecule has 2 aromatic heterocycles. The van der Waals surface area contributed by atoms with Crippen LogP contribution in [0.3, 0.4) is 0 Å². The van der Waals surface area contributed by atoms with E-state index in [2.05, 4.69) is 0 Å². The number of aryl methyl sites for hydroxylation is 2. The predicted molar refractivity (Wildman–Crippen MR) is 139 cm³/mol. The Hall–Kier alpha value is -3.60. The number of halogens is 3. The number of hydrogen-bond donors (Lipinski definition) is 0. The molecule has 0 radical (unpaired) electrons. The van der Waals surface area contributed by atoms with Crippen LogP contribution >= 0.6 is 0 Å². The first-order valence-corrected chi connectivity index (χ1v) is 11.8. The summed E-state index contributed by atoms with van der Waals surface area (Å²) in [4.78, 5) is 0. The SMILES string of the molecule is [2H]C([2H])(c1ccc(-c2cc[n+](C)c(-c3c(C)ccc4c3oc3cc(C(F)(F)F)ccc34)c2)cc1)C(C)(C)C. The van der Waals surface area contributed by atoms with Crippen LogP contribution in [-0.2, 0) is 19.6 Å². The Balaban J connectivity index is 1.64. The second-order valence-electron chi connectivity index (χ2n) is 10.3. The Bertz CT molecular complexity index is 1680. The maximum atomic E-state index is 13.3. The molecule has 0 saturated heterocycles. The van der Waals surface area contributed by atoms with E-state index in [1.807, 2.05) is 94.0 Å². The zero-order valence-electron chi connectivity index (χ0n) is 22.9. The molecule has 0 N–H and O–H groups in total. The summed E-state index contributed by atoms with van der Waals surface area (Å²) >= 11 is 0. The van der Waals surface area contributed by atoms with E-state index in [9.17, 15) is 13.2 Å². The van der Waals surface area contributed by atoms with Crippen molar-refractivity contribution < 1.29 is 24.9 Å². The Morgan fingerprint density at radius 1 is 0.861 bits per heavy atom. The lowest BCUT2D eigenvalue weighted by molar-refractivity contribution is -0.660. The standard InChI is InChI=1S/C31H29F3NO/c1-19-6-12-25-24-13-11-23(31(32,33)34)17-27(24)36-29(25)28(19)26-16-22(14-15-35(26)5)21-9-7-20(8-10-21)18-30(2,3)4/h6-17H,18H2,1-5H3/q+1/i18D2. The summed E-state index contributed by atoms with van der Waals surface area (Å²) in [6.45, 7) is 7.61. The van der Waals surface area contributed by atoms with Gasteiger partial charge < -0.3 is 4.42 Å². The fraction of sp³-hybridized carbons (Fsp3) is 0.258. The van der Waals surface area contributed by atoms with Crippen LogP contribution in [0.15, 0.2) is 77.3 Å². The van der Waals surface area contributed by atoms with Gasteiger partial charge in [0.1, 0.15) is 18.2 Å². The van der Waals surface area contributed by atoms with Crippen LogP contribution in [0, 0.1) is 12.3 Å². The summed E-state index contributed by atoms with van der Waals surface area (Å²) in [6, 6.07) is 19.0. The minimum atomic E-state index is -4.45. The van der Waals surface area contributed by atoms with Crippen molar-refractivity contribution in [2.45, 2.75) is 40.2 Å². The van der Waals surface area contributed by atoms with Gasteiger partial charge in [0.2, 0.25) is 5.69 Å². The van der Waals surface area contributed by atoms with Gasteiger partial charge in [-0.05, 0) is 59.2 Å². The molecule has 0 atom stereocenters. The van der Waals surface area contributed by atoms with E-state index in [-0.39, 0.29) is 5.58 Å². The number of furan rings is 1. The van der Waals surface area contributed by atoms with Crippen LogP contribution in [0.25, 0.3) is 44.3 Å². The minimum absolute atomic E-state index is 0.198. The summed E-state index contributed by atoms with van der Waals surface area (Å²) < 4.78 is 65.1. The van der Waals surface area contributed by atoms with E-state index in [4.69, 9.17) is 7.16 Å². The monoisotopic (exact) mass is 490 g/mol. The number of fused-ring (bicyclic) bond motifs is 3. The van der Waals surface area contributed by atoms with Crippen LogP contribution in [-0.4, -0.2) is 0 Å². The van der Waals surface area contributed by atoms with Gasteiger partial charge in [0.15, 0.2) is 6.20 Å². The predicted octanol–water partition coefficient (Wildman–Crippen LogP) is 8.66. The molecular weight excluding hydrogens is 459 g/mol. The number of hydrogen-bond acceptors (Lipinski definition) is 1. The van der Waals surface area contributed by atoms with Gasteiger partial charge in [-0.25, -0.2) is 4.57 Å². The van der Waals surface area contributed by atoms with E-state index in [0.717, 1.165) is 45.5 Å². The second kappa shape index (κ2) is 8.51. The molecule has 0 aliphatic rings. The normalized spacial score (nSPS) is 13.8. The summed E-state index contributed by atoms with van der Waals surface area (Å²) in [6.07, 6.45) is -4.00. The molecule has 2 heterocycles. The highest BCUT2D eigenvalue weighted by molar-refractivity contribution is 6.10. The maximum absolute atomic E-state index is 13.3. The number of nitrogens with zero attached hydrogens (tertiary/aromatic N) is 1. The van der Waals surface area contributed by atoms with Crippen LogP contribution in [0.2, 0.25) is 0 Å². The van der Waals surface area contributed by atoms with Crippen molar-refractivity contribution in [1.82, 2.24) is 0 Å². The highest BCUT2D eigenvalue weighted by Gasteiger charge is 2.31. The Morgan fingerprint density at radius 3 is 2.22 bits per heavy atom. The minimum Gasteiger partial charge on any atom is -0.455 e. The number of benzene rings is 3. The van der Waals surface area contributed by atoms with Crippen molar-refractivity contribution in [3.63, 3.8) is 0 Å². The molecule has 3 aromatic carbocycles. The molecule has 0 bridgehead atoms. The molecule has 0 spiro atoms. The molecule has 2 nitrogen and oxygen atoms in total. The molecule has 36 heavy (non-hydrogen) atoms. The lowest BCUT2D eigenvalue weighted by atomic mass is 9.87. The molecule has 5 aromatic rings. The highest BCUT2D eigenvalue weighted by Crippen LogP contribution is 2.40. The Labute approximate surface area is 211 Å². The summed E-state index contributed by atoms with van der Waals surface area (Å²) in [5.41, 5.74) is 4.56. The van der Waals surface area contributed by atoms with E-state index in [0.29, 0.717) is 16.5 Å². The van der Waals surface area contributed by atoms with Crippen molar-refractivity contribution in [2.75, 3.05) is 0 Å². The molecular formula is C31H29F3NO+. The lowest BCUT2D eigenvalue weighted by Crippen LogP contribution is -2.30. The zero-order chi connectivity index (χ0) is 27.6. The lowest BCUT2D eigenvalue weighted by Gasteiger charge is -2.18. The number of rotatable bonds is 3. The van der Waals surface area contributed by atoms with Crippen molar-refractivity contribution in [2.24, 2.45) is 12.5 Å². The van der Waals surface area contributed by atoms with Gasteiger partial charge in [0.05, 0.1) is 11.1 Å². The van der Waals surface area contributed by atoms with Crippen molar-refractivity contribution in [1.29, 1.82) is 0 Å². The molecule has 184 valence electrons. The smallest absolute Gasteiger partial charge is 0.416 e. The highest BCUT2D eigenvalue weighted by atomic mass is 19.4. The Kier molecular flexibility index (Phi) is 5.12. The molecule has 0 amide bonds. The van der Waals surface area contributed by atoms with Gasteiger partial charge in [-0.2, -0.15) is 13.2 Å². The van der Waals surface area contributed by atoms with E-state index in [1.165, 1.54) is 6.07 Å². The Morgan fingerprint density at radius 2 is 1.56 bits per heavy atom. The van der Waals surface area contributed by atoms with E-state index in [1.54, 1.807) is 0 Å². The summed E-state index contributed by atoms with van der Waals surface area (Å²) in [7, 11) is 1.92. The molecule has 0 unspecified atom stereocenters. The molecule has 0 aliphatic heterocycles. The van der Waals surface area contributed by atoms with Crippen LogP contribution in [0.5, 0.6) is 0 Å². The van der Waals surface area contributed by atoms with Crippen molar-refractivity contribution in [3.8, 4) is 22.4 Å². The first-order valence-electron chi connectivity index (χ1n) is 12.8. The third kappa shape index (κ3) is 4.50. The third-order valence-electron chi connectivity index (χ3n) is 6.32. The second-order valence-corrected chi connectivity index (χ2v) is 10.3. The molecule has 0 fully saturated rings. The quantitative estimate of drug-likeness (QED) is 0.231. The van der Waals surface area contributed by atoms with Crippen molar-refractivity contribution in [3.05, 3.63) is 89.6 Å². The van der Waals surface area contributed by atoms with Crippen molar-refractivity contribution >= 4 is 21.9 Å². The van der Waals surface area contributed by atoms with Gasteiger partial charge in [0, 0.05) is 25.6 Å². The van der Waals surface area contributed by atoms with Gasteiger partial charge in [-0.1, -0.05) is 57.2 Å². The fourth-order valence-electron chi connectivity index (χ4n) is 4.61. The topological polar surface area (TPSA) is 17.0 Å². The van der Waals surface area contributed by atoms with Gasteiger partial charge in [-0.15, -0.1) is 0 Å². The van der Waals surface area contributed by atoms with Gasteiger partial charge >= 0.3 is 6.18 Å². The molecule has 5 rings (SSSR count). The average molecular weight is 491 g/mol. The summed E-state index contributed by atoms with van der Waals surface area (Å²) in [5.74, 6) is 0. The first kappa shape index (κ1) is 21.7. The number of pyridine rings is 1. The van der Waals surface area contributed by atoms with Crippen LogP contribution in [0.4, 0.5) is 13.2 Å². The third-order valence-corrected chi connectivity index (χ3v) is 6.32.